The third-order valence-corrected chi connectivity index (χ3v) is 5.12. The lowest BCUT2D eigenvalue weighted by Crippen LogP contribution is -2.14. The van der Waals surface area contributed by atoms with E-state index < -0.39 is 5.97 Å². The van der Waals surface area contributed by atoms with E-state index in [-0.39, 0.29) is 17.2 Å². The molecular weight excluding hydrogens is 362 g/mol. The van der Waals surface area contributed by atoms with Crippen molar-refractivity contribution < 1.29 is 14.3 Å². The molecule has 7 heteroatoms. The number of carbonyl (C=O) groups excluding carboxylic acids is 2. The highest BCUT2D eigenvalue weighted by Crippen LogP contribution is 2.28. The van der Waals surface area contributed by atoms with E-state index in [1.54, 1.807) is 42.9 Å². The average molecular weight is 377 g/mol. The van der Waals surface area contributed by atoms with Crippen molar-refractivity contribution in [3.05, 3.63) is 76.4 Å². The van der Waals surface area contributed by atoms with E-state index in [9.17, 15) is 9.59 Å². The highest BCUT2D eigenvalue weighted by atomic mass is 32.1. The van der Waals surface area contributed by atoms with Gasteiger partial charge in [0, 0.05) is 12.6 Å². The SMILES string of the molecule is Cc1c(C(=O)c2cnn(C)c2OC(=O)c2ccccc2)ccc2scnc12. The third-order valence-electron chi connectivity index (χ3n) is 4.33. The summed E-state index contributed by atoms with van der Waals surface area (Å²) in [5, 5.41) is 4.10. The molecule has 134 valence electrons. The van der Waals surface area contributed by atoms with Gasteiger partial charge in [-0.15, -0.1) is 11.3 Å². The number of benzene rings is 2. The van der Waals surface area contributed by atoms with E-state index in [1.165, 1.54) is 22.2 Å². The average Bonchev–Trinajstić information content (AvgIpc) is 3.30. The molecule has 2 aromatic heterocycles. The first-order valence-corrected chi connectivity index (χ1v) is 9.11. The van der Waals surface area contributed by atoms with Crippen LogP contribution in [0.4, 0.5) is 0 Å². The van der Waals surface area contributed by atoms with Gasteiger partial charge in [0.05, 0.1) is 27.5 Å². The summed E-state index contributed by atoms with van der Waals surface area (Å²) >= 11 is 1.52. The smallest absolute Gasteiger partial charge is 0.344 e. The van der Waals surface area contributed by atoms with Gasteiger partial charge in [0.25, 0.3) is 0 Å². The lowest BCUT2D eigenvalue weighted by molar-refractivity contribution is 0.0718. The van der Waals surface area contributed by atoms with Gasteiger partial charge < -0.3 is 4.74 Å². The molecule has 0 spiro atoms. The molecule has 4 rings (SSSR count). The number of hydrogen-bond donors (Lipinski definition) is 0. The molecule has 0 aliphatic heterocycles. The summed E-state index contributed by atoms with van der Waals surface area (Å²) in [5.74, 6) is -0.682. The molecule has 27 heavy (non-hydrogen) atoms. The predicted molar refractivity (Wildman–Crippen MR) is 102 cm³/mol. The van der Waals surface area contributed by atoms with Crippen molar-refractivity contribution in [2.45, 2.75) is 6.92 Å². The number of fused-ring (bicyclic) bond motifs is 1. The zero-order valence-electron chi connectivity index (χ0n) is 14.7. The van der Waals surface area contributed by atoms with Gasteiger partial charge in [-0.3, -0.25) is 4.79 Å². The zero-order valence-corrected chi connectivity index (χ0v) is 15.5. The fraction of sp³-hybridized carbons (Fsp3) is 0.100. The van der Waals surface area contributed by atoms with Crippen molar-refractivity contribution in [3.63, 3.8) is 0 Å². The van der Waals surface area contributed by atoms with Gasteiger partial charge in [-0.2, -0.15) is 5.10 Å². The van der Waals surface area contributed by atoms with Gasteiger partial charge in [0.1, 0.15) is 5.56 Å². The Balaban J connectivity index is 1.71. The maximum absolute atomic E-state index is 13.1. The number of carbonyl (C=O) groups is 2. The van der Waals surface area contributed by atoms with E-state index in [0.29, 0.717) is 11.1 Å². The van der Waals surface area contributed by atoms with Crippen molar-refractivity contribution in [1.82, 2.24) is 14.8 Å². The molecule has 0 saturated heterocycles. The van der Waals surface area contributed by atoms with Crippen molar-refractivity contribution in [2.75, 3.05) is 0 Å². The van der Waals surface area contributed by atoms with Crippen LogP contribution in [0.25, 0.3) is 10.2 Å². The summed E-state index contributed by atoms with van der Waals surface area (Å²) in [6.45, 7) is 1.86. The molecule has 0 unspecified atom stereocenters. The first-order valence-electron chi connectivity index (χ1n) is 8.23. The normalized spacial score (nSPS) is 10.9. The highest BCUT2D eigenvalue weighted by molar-refractivity contribution is 7.16. The van der Waals surface area contributed by atoms with Crippen LogP contribution in [-0.2, 0) is 7.05 Å². The number of ketones is 1. The first-order chi connectivity index (χ1) is 13.1. The molecule has 0 aliphatic carbocycles. The number of nitrogens with zero attached hydrogens (tertiary/aromatic N) is 3. The summed E-state index contributed by atoms with van der Waals surface area (Å²) in [4.78, 5) is 29.8. The van der Waals surface area contributed by atoms with Crippen LogP contribution in [0.1, 0.15) is 31.8 Å². The lowest BCUT2D eigenvalue weighted by Gasteiger charge is -2.08. The summed E-state index contributed by atoms with van der Waals surface area (Å²) in [6.07, 6.45) is 1.42. The van der Waals surface area contributed by atoms with Gasteiger partial charge in [-0.1, -0.05) is 18.2 Å². The number of rotatable bonds is 4. The summed E-state index contributed by atoms with van der Waals surface area (Å²) in [6, 6.07) is 12.3. The Hall–Kier alpha value is -3.32. The maximum Gasteiger partial charge on any atom is 0.344 e. The van der Waals surface area contributed by atoms with Crippen LogP contribution in [0.3, 0.4) is 0 Å². The van der Waals surface area contributed by atoms with E-state index >= 15 is 0 Å². The second-order valence-electron chi connectivity index (χ2n) is 6.01. The summed E-state index contributed by atoms with van der Waals surface area (Å²) in [7, 11) is 1.63. The standard InChI is InChI=1S/C20H15N3O3S/c1-12-14(8-9-16-17(12)21-11-27-16)18(24)15-10-22-23(2)19(15)26-20(25)13-6-4-3-5-7-13/h3-11H,1-2H3. The van der Waals surface area contributed by atoms with Gasteiger partial charge in [0.2, 0.25) is 5.88 Å². The van der Waals surface area contributed by atoms with Crippen molar-refractivity contribution >= 4 is 33.3 Å². The van der Waals surface area contributed by atoms with Crippen LogP contribution in [0.15, 0.2) is 54.2 Å². The largest absolute Gasteiger partial charge is 0.403 e. The van der Waals surface area contributed by atoms with Gasteiger partial charge in [-0.25, -0.2) is 14.5 Å². The van der Waals surface area contributed by atoms with Crippen molar-refractivity contribution in [2.24, 2.45) is 7.05 Å². The Morgan fingerprint density at radius 3 is 2.63 bits per heavy atom. The molecule has 6 nitrogen and oxygen atoms in total. The van der Waals surface area contributed by atoms with Gasteiger partial charge in [0.15, 0.2) is 5.78 Å². The second-order valence-corrected chi connectivity index (χ2v) is 6.90. The molecule has 2 heterocycles. The topological polar surface area (TPSA) is 74.1 Å². The number of aryl methyl sites for hydroxylation is 2. The summed E-state index contributed by atoms with van der Waals surface area (Å²) in [5.41, 5.74) is 4.50. The quantitative estimate of drug-likeness (QED) is 0.400. The Bertz CT molecular complexity index is 1160. The number of hydrogen-bond acceptors (Lipinski definition) is 6. The first kappa shape index (κ1) is 17.1. The van der Waals surface area contributed by atoms with Gasteiger partial charge >= 0.3 is 5.97 Å². The molecule has 0 N–H and O–H groups in total. The fourth-order valence-electron chi connectivity index (χ4n) is 2.88. The highest BCUT2D eigenvalue weighted by Gasteiger charge is 2.24. The van der Waals surface area contributed by atoms with E-state index in [4.69, 9.17) is 4.74 Å². The van der Waals surface area contributed by atoms with Gasteiger partial charge in [-0.05, 0) is 36.8 Å². The molecule has 2 aromatic carbocycles. The van der Waals surface area contributed by atoms with Crippen molar-refractivity contribution in [1.29, 1.82) is 0 Å². The number of aromatic nitrogens is 3. The zero-order chi connectivity index (χ0) is 19.0. The molecule has 0 radical (unpaired) electrons. The van der Waals surface area contributed by atoms with Crippen molar-refractivity contribution in [3.8, 4) is 5.88 Å². The number of ether oxygens (including phenoxy) is 1. The molecule has 0 aliphatic rings. The van der Waals surface area contributed by atoms with E-state index in [0.717, 1.165) is 15.8 Å². The molecule has 0 saturated carbocycles. The van der Waals surface area contributed by atoms with Crippen LogP contribution in [0.2, 0.25) is 0 Å². The Morgan fingerprint density at radius 2 is 1.85 bits per heavy atom. The third kappa shape index (κ3) is 3.02. The van der Waals surface area contributed by atoms with E-state index in [2.05, 4.69) is 10.1 Å². The second kappa shape index (κ2) is 6.77. The minimum atomic E-state index is -0.542. The fourth-order valence-corrected chi connectivity index (χ4v) is 3.62. The Kier molecular flexibility index (Phi) is 4.29. The predicted octanol–water partition coefficient (Wildman–Crippen LogP) is 3.79. The number of thiazole rings is 1. The Morgan fingerprint density at radius 1 is 1.07 bits per heavy atom. The van der Waals surface area contributed by atoms with Crippen LogP contribution < -0.4 is 4.74 Å². The summed E-state index contributed by atoms with van der Waals surface area (Å²) < 4.78 is 7.88. The maximum atomic E-state index is 13.1. The lowest BCUT2D eigenvalue weighted by atomic mass is 10.00. The van der Waals surface area contributed by atoms with Crippen LogP contribution in [0, 0.1) is 6.92 Å². The van der Waals surface area contributed by atoms with Crippen LogP contribution in [-0.4, -0.2) is 26.5 Å². The molecule has 0 amide bonds. The molecule has 0 fully saturated rings. The number of esters is 1. The molecule has 0 bridgehead atoms. The monoisotopic (exact) mass is 377 g/mol. The van der Waals surface area contributed by atoms with Crippen LogP contribution >= 0.6 is 11.3 Å². The molecular formula is C20H15N3O3S. The van der Waals surface area contributed by atoms with Crippen LogP contribution in [0.5, 0.6) is 5.88 Å². The minimum absolute atomic E-state index is 0.117. The molecule has 4 aromatic rings. The Labute approximate surface area is 159 Å². The minimum Gasteiger partial charge on any atom is -0.403 e. The van der Waals surface area contributed by atoms with E-state index in [1.807, 2.05) is 19.1 Å². The molecule has 0 atom stereocenters.